The summed E-state index contributed by atoms with van der Waals surface area (Å²) >= 11 is 0. The highest BCUT2D eigenvalue weighted by Gasteiger charge is 2.10. The molecule has 2 rings (SSSR count). The monoisotopic (exact) mass is 245 g/mol. The third kappa shape index (κ3) is 2.37. The second-order valence-corrected chi connectivity index (χ2v) is 5.13. The van der Waals surface area contributed by atoms with Gasteiger partial charge in [-0.3, -0.25) is 14.0 Å². The van der Waals surface area contributed by atoms with E-state index in [0.717, 1.165) is 23.4 Å². The van der Waals surface area contributed by atoms with Crippen molar-refractivity contribution in [3.05, 3.63) is 46.0 Å². The molecule has 0 fully saturated rings. The Balaban J connectivity index is 2.59. The summed E-state index contributed by atoms with van der Waals surface area (Å²) in [5, 5.41) is 4.11. The van der Waals surface area contributed by atoms with Crippen LogP contribution in [0.25, 0.3) is 5.82 Å². The fourth-order valence-corrected chi connectivity index (χ4v) is 2.15. The third-order valence-electron chi connectivity index (χ3n) is 2.90. The summed E-state index contributed by atoms with van der Waals surface area (Å²) in [6, 6.07) is 3.83. The lowest BCUT2D eigenvalue weighted by atomic mass is 10.0. The minimum absolute atomic E-state index is 0.0536. The van der Waals surface area contributed by atoms with Crippen molar-refractivity contribution in [1.29, 1.82) is 0 Å². The molecular formula is C14H19N3O. The lowest BCUT2D eigenvalue weighted by molar-refractivity contribution is 0.635. The molecule has 0 atom stereocenters. The fraction of sp³-hybridized carbons (Fsp3) is 0.429. The molecule has 0 aliphatic carbocycles. The lowest BCUT2D eigenvalue weighted by Crippen LogP contribution is -2.25. The van der Waals surface area contributed by atoms with Crippen LogP contribution in [0, 0.1) is 12.8 Å². The van der Waals surface area contributed by atoms with Gasteiger partial charge in [0.25, 0.3) is 5.56 Å². The molecule has 0 bridgehead atoms. The molecule has 2 heterocycles. The Morgan fingerprint density at radius 1 is 1.39 bits per heavy atom. The Morgan fingerprint density at radius 2 is 2.11 bits per heavy atom. The second kappa shape index (κ2) is 4.80. The van der Waals surface area contributed by atoms with Crippen LogP contribution in [-0.2, 0) is 13.5 Å². The molecule has 0 amide bonds. The largest absolute Gasteiger partial charge is 0.269 e. The first-order valence-corrected chi connectivity index (χ1v) is 6.19. The van der Waals surface area contributed by atoms with Crippen molar-refractivity contribution in [2.24, 2.45) is 13.0 Å². The van der Waals surface area contributed by atoms with Gasteiger partial charge < -0.3 is 0 Å². The second-order valence-electron chi connectivity index (χ2n) is 5.13. The van der Waals surface area contributed by atoms with E-state index in [1.807, 2.05) is 32.3 Å². The summed E-state index contributed by atoms with van der Waals surface area (Å²) in [5.41, 5.74) is 2.01. The van der Waals surface area contributed by atoms with Crippen molar-refractivity contribution in [1.82, 2.24) is 14.3 Å². The van der Waals surface area contributed by atoms with Gasteiger partial charge in [0.2, 0.25) is 0 Å². The number of rotatable bonds is 3. The first-order chi connectivity index (χ1) is 8.49. The van der Waals surface area contributed by atoms with Crippen LogP contribution in [0.15, 0.2) is 29.3 Å². The first kappa shape index (κ1) is 12.6. The minimum Gasteiger partial charge on any atom is -0.269 e. The van der Waals surface area contributed by atoms with E-state index in [1.165, 1.54) is 0 Å². The lowest BCUT2D eigenvalue weighted by Gasteiger charge is -2.11. The predicted octanol–water partition coefficient (Wildman–Crippen LogP) is 2.08. The summed E-state index contributed by atoms with van der Waals surface area (Å²) < 4.78 is 3.39. The number of aromatic nitrogens is 3. The molecule has 0 N–H and O–H groups in total. The smallest absolute Gasteiger partial charge is 0.259 e. The molecule has 2 aromatic rings. The van der Waals surface area contributed by atoms with Gasteiger partial charge in [-0.05, 0) is 30.9 Å². The summed E-state index contributed by atoms with van der Waals surface area (Å²) in [6.07, 6.45) is 4.37. The minimum atomic E-state index is 0.0536. The van der Waals surface area contributed by atoms with Crippen LogP contribution >= 0.6 is 0 Å². The third-order valence-corrected chi connectivity index (χ3v) is 2.90. The van der Waals surface area contributed by atoms with Gasteiger partial charge in [-0.15, -0.1) is 0 Å². The van der Waals surface area contributed by atoms with E-state index in [2.05, 4.69) is 18.9 Å². The predicted molar refractivity (Wildman–Crippen MR) is 72.1 cm³/mol. The number of pyridine rings is 1. The average molecular weight is 245 g/mol. The average Bonchev–Trinajstić information content (AvgIpc) is 2.68. The zero-order valence-corrected chi connectivity index (χ0v) is 11.3. The van der Waals surface area contributed by atoms with Gasteiger partial charge in [0, 0.05) is 24.9 Å². The van der Waals surface area contributed by atoms with Crippen LogP contribution in [0.2, 0.25) is 0 Å². The summed E-state index contributed by atoms with van der Waals surface area (Å²) in [4.78, 5) is 12.4. The number of hydrogen-bond acceptors (Lipinski definition) is 2. The first-order valence-electron chi connectivity index (χ1n) is 6.19. The van der Waals surface area contributed by atoms with Crippen LogP contribution in [0.3, 0.4) is 0 Å². The van der Waals surface area contributed by atoms with Crippen LogP contribution in [0.4, 0.5) is 0 Å². The number of aryl methyl sites for hydroxylation is 2. The van der Waals surface area contributed by atoms with Crippen molar-refractivity contribution in [2.45, 2.75) is 27.2 Å². The molecule has 0 spiro atoms. The van der Waals surface area contributed by atoms with Gasteiger partial charge in [-0.1, -0.05) is 13.8 Å². The Hall–Kier alpha value is -1.84. The Labute approximate surface area is 107 Å². The molecule has 96 valence electrons. The van der Waals surface area contributed by atoms with E-state index >= 15 is 0 Å². The van der Waals surface area contributed by atoms with Crippen LogP contribution in [-0.4, -0.2) is 14.3 Å². The van der Waals surface area contributed by atoms with E-state index in [9.17, 15) is 4.79 Å². The summed E-state index contributed by atoms with van der Waals surface area (Å²) in [7, 11) is 1.84. The molecule has 2 aromatic heterocycles. The highest BCUT2D eigenvalue weighted by Crippen LogP contribution is 2.09. The molecule has 0 aliphatic heterocycles. The van der Waals surface area contributed by atoms with Crippen molar-refractivity contribution < 1.29 is 0 Å². The molecule has 0 saturated carbocycles. The maximum atomic E-state index is 12.4. The maximum Gasteiger partial charge on any atom is 0.259 e. The molecule has 0 aliphatic rings. The molecule has 0 unspecified atom stereocenters. The highest BCUT2D eigenvalue weighted by molar-refractivity contribution is 5.28. The van der Waals surface area contributed by atoms with E-state index in [-0.39, 0.29) is 5.56 Å². The van der Waals surface area contributed by atoms with Crippen molar-refractivity contribution in [3.8, 4) is 5.82 Å². The quantitative estimate of drug-likeness (QED) is 0.830. The zero-order valence-electron chi connectivity index (χ0n) is 11.3. The molecular weight excluding hydrogens is 226 g/mol. The summed E-state index contributed by atoms with van der Waals surface area (Å²) in [5.74, 6) is 1.27. The van der Waals surface area contributed by atoms with E-state index in [0.29, 0.717) is 5.92 Å². The molecule has 18 heavy (non-hydrogen) atoms. The normalized spacial score (nSPS) is 11.2. The van der Waals surface area contributed by atoms with Crippen molar-refractivity contribution in [3.63, 3.8) is 0 Å². The van der Waals surface area contributed by atoms with Gasteiger partial charge in [0.15, 0.2) is 0 Å². The van der Waals surface area contributed by atoms with Gasteiger partial charge in [0.05, 0.1) is 6.20 Å². The van der Waals surface area contributed by atoms with E-state index < -0.39 is 0 Å². The zero-order chi connectivity index (χ0) is 13.3. The Morgan fingerprint density at radius 3 is 2.67 bits per heavy atom. The van der Waals surface area contributed by atoms with Gasteiger partial charge in [-0.25, -0.2) is 0 Å². The van der Waals surface area contributed by atoms with Gasteiger partial charge >= 0.3 is 0 Å². The fourth-order valence-electron chi connectivity index (χ4n) is 2.15. The number of hydrogen-bond donors (Lipinski definition) is 0. The SMILES string of the molecule is Cc1cc(CC(C)C)c(=O)n(-c2ccnn2C)c1. The Bertz CT molecular complexity index is 608. The van der Waals surface area contributed by atoms with Crippen LogP contribution < -0.4 is 5.56 Å². The number of nitrogens with zero attached hydrogens (tertiary/aromatic N) is 3. The van der Waals surface area contributed by atoms with Crippen LogP contribution in [0.1, 0.15) is 25.0 Å². The summed E-state index contributed by atoms with van der Waals surface area (Å²) in [6.45, 7) is 6.25. The van der Waals surface area contributed by atoms with E-state index in [1.54, 1.807) is 15.4 Å². The maximum absolute atomic E-state index is 12.4. The Kier molecular flexibility index (Phi) is 3.36. The van der Waals surface area contributed by atoms with Gasteiger partial charge in [0.1, 0.15) is 5.82 Å². The molecule has 0 radical (unpaired) electrons. The van der Waals surface area contributed by atoms with E-state index in [4.69, 9.17) is 0 Å². The van der Waals surface area contributed by atoms with Gasteiger partial charge in [-0.2, -0.15) is 5.10 Å². The molecule has 0 saturated heterocycles. The molecule has 0 aromatic carbocycles. The standard InChI is InChI=1S/C14H19N3O/c1-10(2)7-12-8-11(3)9-17(14(12)18)13-5-6-15-16(13)4/h5-6,8-10H,7H2,1-4H3. The topological polar surface area (TPSA) is 39.8 Å². The molecule has 4 nitrogen and oxygen atoms in total. The van der Waals surface area contributed by atoms with Crippen LogP contribution in [0.5, 0.6) is 0 Å². The van der Waals surface area contributed by atoms with Crippen molar-refractivity contribution >= 4 is 0 Å². The van der Waals surface area contributed by atoms with Crippen molar-refractivity contribution in [2.75, 3.05) is 0 Å². The molecule has 4 heteroatoms. The highest BCUT2D eigenvalue weighted by atomic mass is 16.1.